The fourth-order valence-electron chi connectivity index (χ4n) is 4.51. The molecule has 0 aromatic heterocycles. The van der Waals surface area contributed by atoms with Gasteiger partial charge in [-0.1, -0.05) is 52.0 Å². The fourth-order valence-corrected chi connectivity index (χ4v) is 4.51. The zero-order valence-corrected chi connectivity index (χ0v) is 21.4. The molecule has 0 saturated heterocycles. The molecular weight excluding hydrogens is 438 g/mol. The van der Waals surface area contributed by atoms with Crippen molar-refractivity contribution < 1.29 is 19.7 Å². The maximum Gasteiger partial charge on any atom is 0.131 e. The van der Waals surface area contributed by atoms with Gasteiger partial charge in [-0.15, -0.1) is 0 Å². The van der Waals surface area contributed by atoms with Gasteiger partial charge in [0, 0.05) is 12.5 Å². The second-order valence-electron chi connectivity index (χ2n) is 8.58. The first-order valence-electron chi connectivity index (χ1n) is 12.8. The Morgan fingerprint density at radius 3 is 2.17 bits per heavy atom. The van der Waals surface area contributed by atoms with Crippen molar-refractivity contribution in [2.75, 3.05) is 26.2 Å². The first kappa shape index (κ1) is 26.4. The van der Waals surface area contributed by atoms with Crippen LogP contribution in [0.25, 0.3) is 0 Å². The van der Waals surface area contributed by atoms with E-state index >= 15 is 0 Å². The summed E-state index contributed by atoms with van der Waals surface area (Å²) in [5, 5.41) is 19.7. The van der Waals surface area contributed by atoms with Crippen molar-refractivity contribution in [3.63, 3.8) is 0 Å². The lowest BCUT2D eigenvalue weighted by molar-refractivity contribution is 0.151. The highest BCUT2D eigenvalue weighted by atomic mass is 16.5. The molecule has 0 spiro atoms. The minimum atomic E-state index is -0.180. The van der Waals surface area contributed by atoms with Gasteiger partial charge in [0.25, 0.3) is 0 Å². The van der Waals surface area contributed by atoms with Crippen LogP contribution < -0.4 is 9.47 Å². The van der Waals surface area contributed by atoms with Crippen LogP contribution >= 0.6 is 0 Å². The number of ether oxygens (including phenoxy) is 2. The summed E-state index contributed by atoms with van der Waals surface area (Å²) in [7, 11) is 0. The highest BCUT2D eigenvalue weighted by Gasteiger charge is 2.32. The third-order valence-corrected chi connectivity index (χ3v) is 6.30. The van der Waals surface area contributed by atoms with E-state index in [9.17, 15) is 10.2 Å². The number of phenols is 2. The molecule has 0 amide bonds. The Balaban J connectivity index is 0.00000167. The molecule has 0 saturated carbocycles. The molecule has 1 aliphatic rings. The average molecular weight is 478 g/mol. The largest absolute Gasteiger partial charge is 0.508 e. The van der Waals surface area contributed by atoms with E-state index in [2.05, 4.69) is 30.9 Å². The number of phenolic OH excluding ortho intramolecular Hbond substituents is 2. The van der Waals surface area contributed by atoms with Crippen LogP contribution in [0.2, 0.25) is 0 Å². The number of rotatable bonds is 9. The number of likely N-dealkylation sites (N-methyl/N-ethyl adjacent to an activating group) is 1. The van der Waals surface area contributed by atoms with Gasteiger partial charge in [-0.3, -0.25) is 0 Å². The molecule has 1 aliphatic heterocycles. The topological polar surface area (TPSA) is 62.2 Å². The summed E-state index contributed by atoms with van der Waals surface area (Å²) in [5.74, 6) is 2.19. The second kappa shape index (κ2) is 13.1. The molecule has 3 aromatic carbocycles. The zero-order valence-electron chi connectivity index (χ0n) is 21.4. The third kappa shape index (κ3) is 6.92. The predicted molar refractivity (Wildman–Crippen MR) is 142 cm³/mol. The molecule has 1 unspecified atom stereocenters. The van der Waals surface area contributed by atoms with E-state index in [-0.39, 0.29) is 23.5 Å². The van der Waals surface area contributed by atoms with Crippen LogP contribution in [0.15, 0.2) is 66.7 Å². The molecule has 35 heavy (non-hydrogen) atoms. The second-order valence-corrected chi connectivity index (χ2v) is 8.58. The van der Waals surface area contributed by atoms with Crippen molar-refractivity contribution >= 4 is 0 Å². The highest BCUT2D eigenvalue weighted by molar-refractivity contribution is 5.45. The van der Waals surface area contributed by atoms with E-state index in [0.29, 0.717) is 6.61 Å². The minimum absolute atomic E-state index is 0.0545. The molecular formula is C30H39NO4. The number of nitrogens with zero attached hydrogens (tertiary/aromatic N) is 1. The van der Waals surface area contributed by atoms with Gasteiger partial charge in [0.1, 0.15) is 35.7 Å². The first-order valence-corrected chi connectivity index (χ1v) is 12.8. The van der Waals surface area contributed by atoms with E-state index in [0.717, 1.165) is 60.7 Å². The molecule has 5 heteroatoms. The highest BCUT2D eigenvalue weighted by Crippen LogP contribution is 2.45. The molecule has 2 N–H and O–H groups in total. The summed E-state index contributed by atoms with van der Waals surface area (Å²) in [4.78, 5) is 2.39. The van der Waals surface area contributed by atoms with Crippen molar-refractivity contribution in [2.24, 2.45) is 0 Å². The van der Waals surface area contributed by atoms with E-state index in [1.165, 1.54) is 0 Å². The van der Waals surface area contributed by atoms with E-state index in [1.54, 1.807) is 24.3 Å². The number of hydrogen-bond donors (Lipinski definition) is 2. The number of aromatic hydroxyl groups is 2. The molecule has 4 rings (SSSR count). The van der Waals surface area contributed by atoms with Crippen molar-refractivity contribution in [1.29, 1.82) is 0 Å². The van der Waals surface area contributed by atoms with Gasteiger partial charge in [-0.2, -0.15) is 0 Å². The Hall–Kier alpha value is -3.18. The monoisotopic (exact) mass is 477 g/mol. The molecule has 5 nitrogen and oxygen atoms in total. The number of fused-ring (bicyclic) bond motifs is 1. The Morgan fingerprint density at radius 2 is 1.51 bits per heavy atom. The Labute approximate surface area is 210 Å². The summed E-state index contributed by atoms with van der Waals surface area (Å²) >= 11 is 0. The minimum Gasteiger partial charge on any atom is -0.508 e. The SMILES string of the molecule is CC.CCCN(CC)CCOc1ccc([C@H]2Oc3ccc(O)cc3CC2c2ccc(O)cc2)cc1. The van der Waals surface area contributed by atoms with Gasteiger partial charge in [0.05, 0.1) is 0 Å². The van der Waals surface area contributed by atoms with E-state index in [4.69, 9.17) is 9.47 Å². The quantitative estimate of drug-likeness (QED) is 0.359. The Bertz CT molecular complexity index is 1030. The van der Waals surface area contributed by atoms with Crippen molar-refractivity contribution in [3.05, 3.63) is 83.4 Å². The molecule has 0 fully saturated rings. The average Bonchev–Trinajstić information content (AvgIpc) is 2.89. The number of benzene rings is 3. The molecule has 1 heterocycles. The van der Waals surface area contributed by atoms with Crippen LogP contribution in [-0.4, -0.2) is 41.4 Å². The fraction of sp³-hybridized carbons (Fsp3) is 0.400. The summed E-state index contributed by atoms with van der Waals surface area (Å²) in [6, 6.07) is 20.7. The standard InChI is InChI=1S/C28H33NO4.C2H6/c1-3-15-29(4-2)16-17-32-25-12-7-21(8-13-25)28-26(20-5-9-23(30)10-6-20)19-22-18-24(31)11-14-27(22)33-28;1-2/h5-14,18,26,28,30-31H,3-4,15-17,19H2,1-2H3;1-2H3/t26?,28-;/m1./s1. The lowest BCUT2D eigenvalue weighted by atomic mass is 9.82. The summed E-state index contributed by atoms with van der Waals surface area (Å²) in [6.07, 6.45) is 1.71. The molecule has 2 atom stereocenters. The van der Waals surface area contributed by atoms with Crippen LogP contribution in [0.3, 0.4) is 0 Å². The van der Waals surface area contributed by atoms with Gasteiger partial charge >= 0.3 is 0 Å². The summed E-state index contributed by atoms with van der Waals surface area (Å²) in [5.41, 5.74) is 3.14. The maximum absolute atomic E-state index is 9.94. The van der Waals surface area contributed by atoms with E-state index < -0.39 is 0 Å². The molecule has 0 radical (unpaired) electrons. The summed E-state index contributed by atoms with van der Waals surface area (Å²) in [6.45, 7) is 12.1. The van der Waals surface area contributed by atoms with Crippen LogP contribution in [0, 0.1) is 0 Å². The zero-order chi connectivity index (χ0) is 25.2. The van der Waals surface area contributed by atoms with Crippen molar-refractivity contribution in [2.45, 2.75) is 52.6 Å². The van der Waals surface area contributed by atoms with Crippen molar-refractivity contribution in [3.8, 4) is 23.0 Å². The Morgan fingerprint density at radius 1 is 0.857 bits per heavy atom. The van der Waals surface area contributed by atoms with Gasteiger partial charge in [-0.25, -0.2) is 0 Å². The predicted octanol–water partition coefficient (Wildman–Crippen LogP) is 6.69. The smallest absolute Gasteiger partial charge is 0.131 e. The Kier molecular flexibility index (Phi) is 9.86. The first-order chi connectivity index (χ1) is 17.1. The van der Waals surface area contributed by atoms with Crippen LogP contribution in [0.1, 0.15) is 62.8 Å². The van der Waals surface area contributed by atoms with Crippen LogP contribution in [-0.2, 0) is 6.42 Å². The lowest BCUT2D eigenvalue weighted by Gasteiger charge is -2.34. The molecule has 3 aromatic rings. The van der Waals surface area contributed by atoms with Crippen LogP contribution in [0.4, 0.5) is 0 Å². The van der Waals surface area contributed by atoms with Gasteiger partial charge in [-0.05, 0) is 85.1 Å². The normalized spacial score (nSPS) is 16.6. The van der Waals surface area contributed by atoms with Gasteiger partial charge < -0.3 is 24.6 Å². The molecule has 0 aliphatic carbocycles. The lowest BCUT2D eigenvalue weighted by Crippen LogP contribution is -2.29. The van der Waals surface area contributed by atoms with Crippen molar-refractivity contribution in [1.82, 2.24) is 4.90 Å². The van der Waals surface area contributed by atoms with Crippen LogP contribution in [0.5, 0.6) is 23.0 Å². The summed E-state index contributed by atoms with van der Waals surface area (Å²) < 4.78 is 12.4. The van der Waals surface area contributed by atoms with Gasteiger partial charge in [0.2, 0.25) is 0 Å². The third-order valence-electron chi connectivity index (χ3n) is 6.30. The van der Waals surface area contributed by atoms with E-state index in [1.807, 2.05) is 44.2 Å². The number of hydrogen-bond acceptors (Lipinski definition) is 5. The van der Waals surface area contributed by atoms with Gasteiger partial charge in [0.15, 0.2) is 0 Å². The molecule has 188 valence electrons. The molecule has 0 bridgehead atoms. The maximum atomic E-state index is 9.94.